The number of aliphatic carboxylic acids is 1. The van der Waals surface area contributed by atoms with Gasteiger partial charge < -0.3 is 10.0 Å². The topological polar surface area (TPSA) is 70.5 Å². The average molecular weight is 311 g/mol. The predicted molar refractivity (Wildman–Crippen MR) is 79.3 cm³/mol. The van der Waals surface area contributed by atoms with E-state index >= 15 is 0 Å². The number of nitrogens with zero attached hydrogens (tertiary/aromatic N) is 2. The van der Waals surface area contributed by atoms with Gasteiger partial charge in [-0.15, -0.1) is 0 Å². The molecule has 0 saturated carbocycles. The van der Waals surface area contributed by atoms with Crippen LogP contribution in [0.3, 0.4) is 0 Å². The Morgan fingerprint density at radius 3 is 2.71 bits per heavy atom. The first kappa shape index (κ1) is 15.8. The zero-order valence-electron chi connectivity index (χ0n) is 12.2. The van der Waals surface area contributed by atoms with E-state index in [0.29, 0.717) is 23.8 Å². The van der Waals surface area contributed by atoms with Crippen molar-refractivity contribution in [2.75, 3.05) is 13.1 Å². The summed E-state index contributed by atoms with van der Waals surface area (Å²) < 4.78 is 0. The second-order valence-electron chi connectivity index (χ2n) is 5.99. The third-order valence-corrected chi connectivity index (χ3v) is 4.48. The number of aromatic nitrogens is 1. The quantitative estimate of drug-likeness (QED) is 0.871. The van der Waals surface area contributed by atoms with Gasteiger partial charge in [-0.05, 0) is 44.7 Å². The molecule has 1 aromatic heterocycles. The highest BCUT2D eigenvalue weighted by atomic mass is 35.5. The van der Waals surface area contributed by atoms with Crippen LogP contribution in [0.1, 0.15) is 37.0 Å². The number of halogens is 1. The molecule has 0 aliphatic carbocycles. The van der Waals surface area contributed by atoms with E-state index < -0.39 is 11.4 Å². The minimum atomic E-state index is -0.836. The minimum absolute atomic E-state index is 0.0482. The molecule has 1 aliphatic rings. The van der Waals surface area contributed by atoms with Gasteiger partial charge in [0.15, 0.2) is 0 Å². The molecule has 6 heteroatoms. The lowest BCUT2D eigenvalue weighted by Crippen LogP contribution is -2.46. The number of hydrogen-bond donors (Lipinski definition) is 1. The number of likely N-dealkylation sites (tertiary alicyclic amines) is 1. The lowest BCUT2D eigenvalue weighted by Gasteiger charge is -2.39. The van der Waals surface area contributed by atoms with Crippen molar-refractivity contribution in [1.82, 2.24) is 9.88 Å². The largest absolute Gasteiger partial charge is 0.481 e. The fraction of sp³-hybridized carbons (Fsp3) is 0.533. The highest BCUT2D eigenvalue weighted by Crippen LogP contribution is 2.34. The average Bonchev–Trinajstić information content (AvgIpc) is 2.47. The first-order valence-corrected chi connectivity index (χ1v) is 7.34. The Morgan fingerprint density at radius 1 is 1.43 bits per heavy atom. The van der Waals surface area contributed by atoms with E-state index in [1.807, 2.05) is 0 Å². The molecular weight excluding hydrogens is 292 g/mol. The molecule has 0 radical (unpaired) electrons. The monoisotopic (exact) mass is 310 g/mol. The van der Waals surface area contributed by atoms with Crippen LogP contribution in [0.4, 0.5) is 0 Å². The maximum absolute atomic E-state index is 12.4. The highest BCUT2D eigenvalue weighted by molar-refractivity contribution is 6.29. The van der Waals surface area contributed by atoms with Crippen LogP contribution in [-0.2, 0) is 4.79 Å². The van der Waals surface area contributed by atoms with Crippen molar-refractivity contribution in [3.63, 3.8) is 0 Å². The van der Waals surface area contributed by atoms with E-state index in [0.717, 1.165) is 12.8 Å². The van der Waals surface area contributed by atoms with Crippen molar-refractivity contribution < 1.29 is 14.7 Å². The van der Waals surface area contributed by atoms with Gasteiger partial charge >= 0.3 is 5.97 Å². The van der Waals surface area contributed by atoms with Gasteiger partial charge in [0.25, 0.3) is 5.91 Å². The zero-order valence-corrected chi connectivity index (χ0v) is 12.9. The zero-order chi connectivity index (χ0) is 15.6. The van der Waals surface area contributed by atoms with Crippen molar-refractivity contribution in [3.05, 3.63) is 29.0 Å². The first-order valence-electron chi connectivity index (χ1n) is 6.96. The summed E-state index contributed by atoms with van der Waals surface area (Å²) in [6, 6.07) is 3.22. The predicted octanol–water partition coefficient (Wildman–Crippen LogP) is 2.70. The van der Waals surface area contributed by atoms with Crippen LogP contribution in [0.25, 0.3) is 0 Å². The van der Waals surface area contributed by atoms with Crippen LogP contribution >= 0.6 is 11.6 Å². The second-order valence-corrected chi connectivity index (χ2v) is 6.37. The van der Waals surface area contributed by atoms with Gasteiger partial charge in [0.05, 0.1) is 11.0 Å². The van der Waals surface area contributed by atoms with Crippen LogP contribution < -0.4 is 0 Å². The summed E-state index contributed by atoms with van der Waals surface area (Å²) in [6.07, 6.45) is 3.09. The van der Waals surface area contributed by atoms with Crippen molar-refractivity contribution in [3.8, 4) is 0 Å². The minimum Gasteiger partial charge on any atom is -0.481 e. The summed E-state index contributed by atoms with van der Waals surface area (Å²) in [4.78, 5) is 29.5. The van der Waals surface area contributed by atoms with Gasteiger partial charge in [-0.2, -0.15) is 0 Å². The summed E-state index contributed by atoms with van der Waals surface area (Å²) in [5.41, 5.74) is -0.356. The molecule has 21 heavy (non-hydrogen) atoms. The fourth-order valence-corrected chi connectivity index (χ4v) is 2.72. The van der Waals surface area contributed by atoms with Gasteiger partial charge in [-0.1, -0.05) is 11.6 Å². The number of pyridine rings is 1. The van der Waals surface area contributed by atoms with Gasteiger partial charge in [0.2, 0.25) is 0 Å². The van der Waals surface area contributed by atoms with Gasteiger partial charge in [-0.25, -0.2) is 4.98 Å². The molecule has 0 aromatic carbocycles. The Morgan fingerprint density at radius 2 is 2.14 bits per heavy atom. The number of piperidine rings is 1. The number of hydrogen-bond acceptors (Lipinski definition) is 3. The lowest BCUT2D eigenvalue weighted by atomic mass is 9.74. The number of rotatable bonds is 3. The fourth-order valence-electron chi connectivity index (χ4n) is 2.61. The Hall–Kier alpha value is -1.62. The molecule has 1 N–H and O–H groups in total. The number of carboxylic acids is 1. The Labute approximate surface area is 128 Å². The number of carboxylic acid groups (broad SMARTS) is 1. The molecule has 2 heterocycles. The number of carbonyl (C=O) groups is 2. The van der Waals surface area contributed by atoms with Crippen molar-refractivity contribution in [2.24, 2.45) is 11.3 Å². The molecule has 1 aliphatic heterocycles. The molecule has 1 atom stereocenters. The third kappa shape index (κ3) is 3.35. The second kappa shape index (κ2) is 6.02. The van der Waals surface area contributed by atoms with E-state index in [1.54, 1.807) is 30.9 Å². The summed E-state index contributed by atoms with van der Waals surface area (Å²) in [5, 5.41) is 9.68. The van der Waals surface area contributed by atoms with Crippen molar-refractivity contribution in [1.29, 1.82) is 0 Å². The van der Waals surface area contributed by atoms with Crippen molar-refractivity contribution in [2.45, 2.75) is 26.7 Å². The van der Waals surface area contributed by atoms with Gasteiger partial charge in [0, 0.05) is 19.3 Å². The molecule has 2 rings (SSSR count). The Bertz CT molecular complexity index is 542. The SMILES string of the molecule is CC(C)(C(=O)O)C1CCCN(C(=O)c2ccc(Cl)nc2)C1. The van der Waals surface area contributed by atoms with Crippen LogP contribution in [-0.4, -0.2) is 40.0 Å². The van der Waals surface area contributed by atoms with Crippen LogP contribution in [0.5, 0.6) is 0 Å². The maximum atomic E-state index is 12.4. The van der Waals surface area contributed by atoms with Gasteiger partial charge in [0.1, 0.15) is 5.15 Å². The maximum Gasteiger partial charge on any atom is 0.309 e. The molecule has 0 bridgehead atoms. The van der Waals surface area contributed by atoms with E-state index in [4.69, 9.17) is 11.6 Å². The Balaban J connectivity index is 2.12. The summed E-state index contributed by atoms with van der Waals surface area (Å²) in [7, 11) is 0. The van der Waals surface area contributed by atoms with Crippen LogP contribution in [0.15, 0.2) is 18.3 Å². The molecule has 1 aromatic rings. The van der Waals surface area contributed by atoms with Crippen LogP contribution in [0, 0.1) is 11.3 Å². The lowest BCUT2D eigenvalue weighted by molar-refractivity contribution is -0.151. The smallest absolute Gasteiger partial charge is 0.309 e. The molecule has 114 valence electrons. The summed E-state index contributed by atoms with van der Waals surface area (Å²) in [6.45, 7) is 4.55. The molecular formula is C15H19ClN2O3. The Kier molecular flexibility index (Phi) is 4.52. The first-order chi connectivity index (χ1) is 9.82. The number of amides is 1. The standard InChI is InChI=1S/C15H19ClN2O3/c1-15(2,14(20)21)11-4-3-7-18(9-11)13(19)10-5-6-12(16)17-8-10/h5-6,8,11H,3-4,7,9H2,1-2H3,(H,20,21). The molecule has 1 fully saturated rings. The molecule has 1 amide bonds. The van der Waals surface area contributed by atoms with Crippen molar-refractivity contribution >= 4 is 23.5 Å². The van der Waals surface area contributed by atoms with Gasteiger partial charge in [-0.3, -0.25) is 9.59 Å². The number of carbonyl (C=O) groups excluding carboxylic acids is 1. The molecule has 1 saturated heterocycles. The third-order valence-electron chi connectivity index (χ3n) is 4.25. The van der Waals surface area contributed by atoms with Crippen LogP contribution in [0.2, 0.25) is 5.15 Å². The molecule has 5 nitrogen and oxygen atoms in total. The molecule has 1 unspecified atom stereocenters. The molecule has 0 spiro atoms. The van der Waals surface area contributed by atoms with E-state index in [2.05, 4.69) is 4.98 Å². The summed E-state index contributed by atoms with van der Waals surface area (Å²) in [5.74, 6) is -0.993. The normalized spacial score (nSPS) is 19.4. The van der Waals surface area contributed by atoms with E-state index in [1.165, 1.54) is 6.20 Å². The van der Waals surface area contributed by atoms with E-state index in [-0.39, 0.29) is 11.8 Å². The highest BCUT2D eigenvalue weighted by Gasteiger charge is 2.40. The van der Waals surface area contributed by atoms with E-state index in [9.17, 15) is 14.7 Å². The summed E-state index contributed by atoms with van der Waals surface area (Å²) >= 11 is 5.72.